The average molecular weight is 321 g/mol. The van der Waals surface area contributed by atoms with E-state index in [9.17, 15) is 22.7 Å². The zero-order chi connectivity index (χ0) is 16.8. The summed E-state index contributed by atoms with van der Waals surface area (Å²) in [6.45, 7) is 2.42. The van der Waals surface area contributed by atoms with E-state index in [-0.39, 0.29) is 0 Å². The van der Waals surface area contributed by atoms with Gasteiger partial charge >= 0.3 is 6.18 Å². The van der Waals surface area contributed by atoms with Crippen LogP contribution in [-0.4, -0.2) is 30.0 Å². The van der Waals surface area contributed by atoms with Gasteiger partial charge in [-0.2, -0.15) is 13.2 Å². The van der Waals surface area contributed by atoms with Gasteiger partial charge in [0.1, 0.15) is 11.6 Å². The molecule has 0 amide bonds. The molecule has 0 saturated carbocycles. The van der Waals surface area contributed by atoms with Crippen molar-refractivity contribution < 1.29 is 27.4 Å². The highest BCUT2D eigenvalue weighted by atomic mass is 19.4. The standard InChI is InChI=1S/C15H19F4NO2/c1-13(2,7-14(21,8-20)15(17,18)19)11-6-10(16)5-9-3-4-22-12(9)11/h5-6,21H,3-4,7-8,20H2,1-2H3/t14-/m1/s1. The van der Waals surface area contributed by atoms with Gasteiger partial charge in [0, 0.05) is 24.1 Å². The molecule has 3 nitrogen and oxygen atoms in total. The maximum absolute atomic E-state index is 13.7. The predicted octanol–water partition coefficient (Wildman–Crippen LogP) is 2.68. The molecule has 0 spiro atoms. The minimum Gasteiger partial charge on any atom is -0.493 e. The van der Waals surface area contributed by atoms with Crippen LogP contribution in [0.5, 0.6) is 5.75 Å². The van der Waals surface area contributed by atoms with Crippen LogP contribution >= 0.6 is 0 Å². The predicted molar refractivity (Wildman–Crippen MR) is 73.3 cm³/mol. The van der Waals surface area contributed by atoms with E-state index in [1.807, 2.05) is 0 Å². The molecule has 3 N–H and O–H groups in total. The Morgan fingerprint density at radius 1 is 1.27 bits per heavy atom. The average Bonchev–Trinajstić information content (AvgIpc) is 2.83. The Balaban J connectivity index is 2.43. The van der Waals surface area contributed by atoms with Crippen molar-refractivity contribution in [1.29, 1.82) is 0 Å². The summed E-state index contributed by atoms with van der Waals surface area (Å²) in [4.78, 5) is 0. The van der Waals surface area contributed by atoms with Crippen LogP contribution in [0.1, 0.15) is 31.4 Å². The second-order valence-corrected chi connectivity index (χ2v) is 6.33. The zero-order valence-electron chi connectivity index (χ0n) is 12.4. The van der Waals surface area contributed by atoms with Crippen LogP contribution in [0.3, 0.4) is 0 Å². The minimum atomic E-state index is -4.86. The summed E-state index contributed by atoms with van der Waals surface area (Å²) >= 11 is 0. The van der Waals surface area contributed by atoms with Gasteiger partial charge in [0.15, 0.2) is 5.60 Å². The largest absolute Gasteiger partial charge is 0.493 e. The lowest BCUT2D eigenvalue weighted by molar-refractivity contribution is -0.262. The van der Waals surface area contributed by atoms with E-state index in [1.54, 1.807) is 0 Å². The third kappa shape index (κ3) is 2.92. The molecule has 0 saturated heterocycles. The van der Waals surface area contributed by atoms with Gasteiger partial charge in [-0.15, -0.1) is 0 Å². The second kappa shape index (κ2) is 5.38. The maximum atomic E-state index is 13.7. The van der Waals surface area contributed by atoms with Crippen molar-refractivity contribution in [3.05, 3.63) is 29.1 Å². The number of benzene rings is 1. The van der Waals surface area contributed by atoms with Crippen LogP contribution in [0.2, 0.25) is 0 Å². The van der Waals surface area contributed by atoms with E-state index in [1.165, 1.54) is 19.9 Å². The van der Waals surface area contributed by atoms with Gasteiger partial charge in [-0.1, -0.05) is 13.8 Å². The SMILES string of the molecule is CC(C)(C[C@@](O)(CN)C(F)(F)F)c1cc(F)cc2c1OCC2. The first-order valence-electron chi connectivity index (χ1n) is 6.95. The number of hydrogen-bond donors (Lipinski definition) is 2. The molecule has 1 aromatic carbocycles. The normalized spacial score (nSPS) is 17.8. The van der Waals surface area contributed by atoms with E-state index in [4.69, 9.17) is 10.5 Å². The summed E-state index contributed by atoms with van der Waals surface area (Å²) in [7, 11) is 0. The van der Waals surface area contributed by atoms with E-state index < -0.39 is 36.0 Å². The smallest absolute Gasteiger partial charge is 0.418 e. The molecule has 2 rings (SSSR count). The molecule has 0 aromatic heterocycles. The van der Waals surface area contributed by atoms with Crippen LogP contribution in [0.15, 0.2) is 12.1 Å². The summed E-state index contributed by atoms with van der Waals surface area (Å²) in [5, 5.41) is 9.89. The molecule has 0 fully saturated rings. The van der Waals surface area contributed by atoms with Crippen LogP contribution in [0.25, 0.3) is 0 Å². The lowest BCUT2D eigenvalue weighted by Gasteiger charge is -2.37. The number of nitrogens with two attached hydrogens (primary N) is 1. The first-order chi connectivity index (χ1) is 10.00. The molecule has 0 bridgehead atoms. The summed E-state index contributed by atoms with van der Waals surface area (Å²) in [6.07, 6.45) is -5.04. The van der Waals surface area contributed by atoms with Gasteiger partial charge in [0.25, 0.3) is 0 Å². The monoisotopic (exact) mass is 321 g/mol. The van der Waals surface area contributed by atoms with Crippen LogP contribution in [0.4, 0.5) is 17.6 Å². The fourth-order valence-electron chi connectivity index (χ4n) is 2.89. The molecule has 22 heavy (non-hydrogen) atoms. The third-order valence-electron chi connectivity index (χ3n) is 4.08. The molecule has 0 radical (unpaired) electrons. The second-order valence-electron chi connectivity index (χ2n) is 6.33. The highest BCUT2D eigenvalue weighted by Gasteiger charge is 2.55. The Hall–Kier alpha value is -1.34. The Bertz CT molecular complexity index is 571. The molecule has 1 aliphatic rings. The molecule has 0 aliphatic carbocycles. The molecule has 124 valence electrons. The molecule has 0 unspecified atom stereocenters. The van der Waals surface area contributed by atoms with E-state index in [0.717, 1.165) is 6.07 Å². The first-order valence-corrected chi connectivity index (χ1v) is 6.95. The Kier molecular flexibility index (Phi) is 4.16. The summed E-state index contributed by atoms with van der Waals surface area (Å²) in [5.41, 5.74) is 1.89. The fraction of sp³-hybridized carbons (Fsp3) is 0.600. The third-order valence-corrected chi connectivity index (χ3v) is 4.08. The van der Waals surface area contributed by atoms with Gasteiger partial charge in [0.05, 0.1) is 6.61 Å². The highest BCUT2D eigenvalue weighted by Crippen LogP contribution is 2.45. The quantitative estimate of drug-likeness (QED) is 0.838. The maximum Gasteiger partial charge on any atom is 0.418 e. The number of halogens is 4. The van der Waals surface area contributed by atoms with Crippen LogP contribution < -0.4 is 10.5 Å². The number of hydrogen-bond acceptors (Lipinski definition) is 3. The van der Waals surface area contributed by atoms with Crippen LogP contribution in [-0.2, 0) is 11.8 Å². The van der Waals surface area contributed by atoms with Crippen molar-refractivity contribution in [2.24, 2.45) is 5.73 Å². The number of alkyl halides is 3. The molecular weight excluding hydrogens is 302 g/mol. The van der Waals surface area contributed by atoms with Gasteiger partial charge < -0.3 is 15.6 Å². The first kappa shape index (κ1) is 17.0. The van der Waals surface area contributed by atoms with Crippen molar-refractivity contribution in [1.82, 2.24) is 0 Å². The Labute approximate surface area is 126 Å². The summed E-state index contributed by atoms with van der Waals surface area (Å²) in [5.74, 6) is -0.122. The van der Waals surface area contributed by atoms with E-state index in [0.29, 0.717) is 29.9 Å². The topological polar surface area (TPSA) is 55.5 Å². The summed E-state index contributed by atoms with van der Waals surface area (Å²) in [6, 6.07) is 2.48. The van der Waals surface area contributed by atoms with Crippen molar-refractivity contribution in [3.8, 4) is 5.75 Å². The number of ether oxygens (including phenoxy) is 1. The summed E-state index contributed by atoms with van der Waals surface area (Å²) < 4.78 is 58.4. The lowest BCUT2D eigenvalue weighted by atomic mass is 9.74. The molecule has 7 heteroatoms. The Morgan fingerprint density at radius 2 is 1.91 bits per heavy atom. The zero-order valence-corrected chi connectivity index (χ0v) is 12.4. The van der Waals surface area contributed by atoms with Crippen molar-refractivity contribution >= 4 is 0 Å². The lowest BCUT2D eigenvalue weighted by Crippen LogP contribution is -2.54. The van der Waals surface area contributed by atoms with Gasteiger partial charge in [-0.3, -0.25) is 0 Å². The van der Waals surface area contributed by atoms with Gasteiger partial charge in [0.2, 0.25) is 0 Å². The molecule has 1 heterocycles. The fourth-order valence-corrected chi connectivity index (χ4v) is 2.89. The van der Waals surface area contributed by atoms with E-state index in [2.05, 4.69) is 0 Å². The number of fused-ring (bicyclic) bond motifs is 1. The van der Waals surface area contributed by atoms with Crippen molar-refractivity contribution in [3.63, 3.8) is 0 Å². The highest BCUT2D eigenvalue weighted by molar-refractivity contribution is 5.48. The van der Waals surface area contributed by atoms with E-state index >= 15 is 0 Å². The number of aliphatic hydroxyl groups is 1. The number of rotatable bonds is 4. The van der Waals surface area contributed by atoms with Gasteiger partial charge in [-0.05, 0) is 24.0 Å². The Morgan fingerprint density at radius 3 is 2.45 bits per heavy atom. The minimum absolute atomic E-state index is 0.316. The van der Waals surface area contributed by atoms with Crippen molar-refractivity contribution in [2.45, 2.75) is 43.9 Å². The molecule has 1 aromatic rings. The van der Waals surface area contributed by atoms with Gasteiger partial charge in [-0.25, -0.2) is 4.39 Å². The molecular formula is C15H19F4NO2. The molecule has 1 aliphatic heterocycles. The molecule has 1 atom stereocenters. The van der Waals surface area contributed by atoms with Crippen LogP contribution in [0, 0.1) is 5.82 Å². The van der Waals surface area contributed by atoms with Crippen molar-refractivity contribution in [2.75, 3.05) is 13.2 Å².